The lowest BCUT2D eigenvalue weighted by atomic mass is 10.1. The molecule has 0 amide bonds. The van der Waals surface area contributed by atoms with Gasteiger partial charge in [-0.1, -0.05) is 35.3 Å². The summed E-state index contributed by atoms with van der Waals surface area (Å²) in [5.74, 6) is -0.301. The van der Waals surface area contributed by atoms with Crippen LogP contribution in [-0.4, -0.2) is 6.72 Å². The largest absolute Gasteiger partial charge is 0.265 e. The highest BCUT2D eigenvalue weighted by Crippen LogP contribution is 2.37. The van der Waals surface area contributed by atoms with E-state index >= 15 is 0 Å². The van der Waals surface area contributed by atoms with Crippen LogP contribution in [0.3, 0.4) is 0 Å². The van der Waals surface area contributed by atoms with Crippen molar-refractivity contribution >= 4 is 35.6 Å². The zero-order chi connectivity index (χ0) is 12.4. The molecule has 0 N–H and O–H groups in total. The second-order valence-corrected chi connectivity index (χ2v) is 4.26. The first kappa shape index (κ1) is 12.1. The van der Waals surface area contributed by atoms with Crippen molar-refractivity contribution in [2.24, 2.45) is 4.99 Å². The van der Waals surface area contributed by atoms with Crippen LogP contribution in [0.5, 0.6) is 0 Å². The van der Waals surface area contributed by atoms with Gasteiger partial charge in [-0.25, -0.2) is 4.39 Å². The average Bonchev–Trinajstić information content (AvgIpc) is 2.30. The van der Waals surface area contributed by atoms with Crippen LogP contribution in [0.2, 0.25) is 10.0 Å². The first-order valence-electron chi connectivity index (χ1n) is 4.83. The van der Waals surface area contributed by atoms with Crippen LogP contribution >= 0.6 is 23.2 Å². The number of rotatable bonds is 2. The zero-order valence-electron chi connectivity index (χ0n) is 8.75. The normalized spacial score (nSPS) is 10.3. The summed E-state index contributed by atoms with van der Waals surface area (Å²) < 4.78 is 12.8. The molecule has 0 saturated carbocycles. The lowest BCUT2D eigenvalue weighted by molar-refractivity contribution is 0.628. The molecule has 2 aromatic carbocycles. The van der Waals surface area contributed by atoms with E-state index < -0.39 is 0 Å². The minimum absolute atomic E-state index is 0.301. The van der Waals surface area contributed by atoms with Crippen LogP contribution in [0.4, 0.5) is 10.1 Å². The van der Waals surface area contributed by atoms with Gasteiger partial charge in [0, 0.05) is 5.56 Å². The van der Waals surface area contributed by atoms with E-state index in [2.05, 4.69) is 11.7 Å². The Kier molecular flexibility index (Phi) is 3.46. The van der Waals surface area contributed by atoms with Gasteiger partial charge in [-0.15, -0.1) is 0 Å². The molecule has 0 aliphatic carbocycles. The predicted octanol–water partition coefficient (Wildman–Crippen LogP) is 5.13. The molecule has 86 valence electrons. The van der Waals surface area contributed by atoms with Gasteiger partial charge in [0.15, 0.2) is 0 Å². The van der Waals surface area contributed by atoms with Crippen LogP contribution in [0.25, 0.3) is 11.1 Å². The zero-order valence-corrected chi connectivity index (χ0v) is 10.3. The Hall–Kier alpha value is -1.38. The van der Waals surface area contributed by atoms with Gasteiger partial charge in [0.2, 0.25) is 0 Å². The number of hydrogen-bond acceptors (Lipinski definition) is 1. The molecule has 17 heavy (non-hydrogen) atoms. The molecule has 4 heteroatoms. The topological polar surface area (TPSA) is 12.4 Å². The van der Waals surface area contributed by atoms with Crippen LogP contribution in [0, 0.1) is 5.82 Å². The van der Waals surface area contributed by atoms with Gasteiger partial charge in [-0.2, -0.15) is 0 Å². The second kappa shape index (κ2) is 4.86. The van der Waals surface area contributed by atoms with Crippen molar-refractivity contribution in [3.63, 3.8) is 0 Å². The summed E-state index contributed by atoms with van der Waals surface area (Å²) >= 11 is 12.2. The van der Waals surface area contributed by atoms with Gasteiger partial charge >= 0.3 is 0 Å². The predicted molar refractivity (Wildman–Crippen MR) is 71.1 cm³/mol. The fourth-order valence-electron chi connectivity index (χ4n) is 1.54. The van der Waals surface area contributed by atoms with Crippen LogP contribution in [0.1, 0.15) is 0 Å². The second-order valence-electron chi connectivity index (χ2n) is 3.45. The number of hydrogen-bond donors (Lipinski definition) is 0. The summed E-state index contributed by atoms with van der Waals surface area (Å²) in [6.45, 7) is 3.41. The van der Waals surface area contributed by atoms with Crippen molar-refractivity contribution in [3.05, 3.63) is 52.3 Å². The average molecular weight is 268 g/mol. The van der Waals surface area contributed by atoms with Crippen molar-refractivity contribution in [1.82, 2.24) is 0 Å². The number of aliphatic imine (C=N–C) groups is 1. The Bertz CT molecular complexity index is 541. The van der Waals surface area contributed by atoms with Crippen molar-refractivity contribution < 1.29 is 4.39 Å². The summed E-state index contributed by atoms with van der Waals surface area (Å²) in [6.07, 6.45) is 0. The number of benzene rings is 2. The molecular formula is C13H8Cl2FN. The highest BCUT2D eigenvalue weighted by Gasteiger charge is 2.10. The molecule has 0 bridgehead atoms. The standard InChI is InChI=1S/C13H8Cl2FN/c1-17-10-6-11(14)13(12(15)7-10)8-2-4-9(16)5-3-8/h2-7H,1H2. The third kappa shape index (κ3) is 2.48. The van der Waals surface area contributed by atoms with E-state index in [0.717, 1.165) is 5.56 Å². The quantitative estimate of drug-likeness (QED) is 0.669. The van der Waals surface area contributed by atoms with Crippen molar-refractivity contribution in [3.8, 4) is 11.1 Å². The fraction of sp³-hybridized carbons (Fsp3) is 0. The molecule has 0 aliphatic rings. The monoisotopic (exact) mass is 267 g/mol. The Balaban J connectivity index is 2.59. The van der Waals surface area contributed by atoms with Gasteiger partial charge in [0.25, 0.3) is 0 Å². The molecule has 0 spiro atoms. The van der Waals surface area contributed by atoms with E-state index in [1.54, 1.807) is 24.3 Å². The van der Waals surface area contributed by atoms with E-state index in [0.29, 0.717) is 21.3 Å². The molecule has 2 aromatic rings. The maximum atomic E-state index is 12.8. The lowest BCUT2D eigenvalue weighted by Gasteiger charge is -2.08. The third-order valence-corrected chi connectivity index (χ3v) is 2.94. The minimum Gasteiger partial charge on any atom is -0.265 e. The minimum atomic E-state index is -0.301. The lowest BCUT2D eigenvalue weighted by Crippen LogP contribution is -1.83. The van der Waals surface area contributed by atoms with E-state index in [4.69, 9.17) is 23.2 Å². The Morgan fingerprint density at radius 2 is 1.53 bits per heavy atom. The molecule has 0 radical (unpaired) electrons. The summed E-state index contributed by atoms with van der Waals surface area (Å²) in [5.41, 5.74) is 2.03. The smallest absolute Gasteiger partial charge is 0.123 e. The molecule has 0 unspecified atom stereocenters. The molecule has 0 fully saturated rings. The van der Waals surface area contributed by atoms with Crippen molar-refractivity contribution in [2.75, 3.05) is 0 Å². The molecule has 0 aliphatic heterocycles. The van der Waals surface area contributed by atoms with Crippen molar-refractivity contribution in [1.29, 1.82) is 0 Å². The fourth-order valence-corrected chi connectivity index (χ4v) is 2.24. The highest BCUT2D eigenvalue weighted by molar-refractivity contribution is 6.39. The number of nitrogens with zero attached hydrogens (tertiary/aromatic N) is 1. The maximum Gasteiger partial charge on any atom is 0.123 e. The molecule has 0 heterocycles. The van der Waals surface area contributed by atoms with E-state index in [1.807, 2.05) is 0 Å². The van der Waals surface area contributed by atoms with E-state index in [-0.39, 0.29) is 5.82 Å². The molecule has 0 saturated heterocycles. The summed E-state index contributed by atoms with van der Waals surface area (Å²) in [7, 11) is 0. The SMILES string of the molecule is C=Nc1cc(Cl)c(-c2ccc(F)cc2)c(Cl)c1. The van der Waals surface area contributed by atoms with Gasteiger partial charge in [0.1, 0.15) is 5.82 Å². The molecule has 2 rings (SSSR count). The van der Waals surface area contributed by atoms with Crippen LogP contribution < -0.4 is 0 Å². The van der Waals surface area contributed by atoms with E-state index in [9.17, 15) is 4.39 Å². The van der Waals surface area contributed by atoms with Gasteiger partial charge < -0.3 is 0 Å². The van der Waals surface area contributed by atoms with Crippen molar-refractivity contribution in [2.45, 2.75) is 0 Å². The van der Waals surface area contributed by atoms with E-state index in [1.165, 1.54) is 12.1 Å². The van der Waals surface area contributed by atoms with Crippen LogP contribution in [0.15, 0.2) is 41.4 Å². The van der Waals surface area contributed by atoms with Gasteiger partial charge in [-0.05, 0) is 36.5 Å². The molecular weight excluding hydrogens is 260 g/mol. The summed E-state index contributed by atoms with van der Waals surface area (Å²) in [5, 5.41) is 0.929. The Morgan fingerprint density at radius 1 is 1.00 bits per heavy atom. The first-order chi connectivity index (χ1) is 8.11. The molecule has 0 atom stereocenters. The Labute approximate surface area is 109 Å². The Morgan fingerprint density at radius 3 is 2.00 bits per heavy atom. The maximum absolute atomic E-state index is 12.8. The van der Waals surface area contributed by atoms with Crippen LogP contribution in [-0.2, 0) is 0 Å². The molecule has 0 aromatic heterocycles. The first-order valence-corrected chi connectivity index (χ1v) is 5.59. The van der Waals surface area contributed by atoms with Gasteiger partial charge in [-0.3, -0.25) is 4.99 Å². The third-order valence-electron chi connectivity index (χ3n) is 2.34. The highest BCUT2D eigenvalue weighted by atomic mass is 35.5. The summed E-state index contributed by atoms with van der Waals surface area (Å²) in [4.78, 5) is 3.76. The summed E-state index contributed by atoms with van der Waals surface area (Å²) in [6, 6.07) is 9.31. The number of halogens is 3. The molecule has 1 nitrogen and oxygen atoms in total. The van der Waals surface area contributed by atoms with Gasteiger partial charge in [0.05, 0.1) is 15.7 Å².